The molecule has 0 amide bonds. The Hall–Kier alpha value is -1.07. The SMILES string of the molecule is CCCNCc1c(C)nn(C)c1N(CC)CC(C)(C)O. The van der Waals surface area contributed by atoms with Crippen LogP contribution in [0.5, 0.6) is 0 Å². The minimum Gasteiger partial charge on any atom is -0.389 e. The van der Waals surface area contributed by atoms with E-state index in [9.17, 15) is 5.11 Å². The molecule has 5 heteroatoms. The van der Waals surface area contributed by atoms with E-state index in [-0.39, 0.29) is 0 Å². The Kier molecular flexibility index (Phi) is 6.02. The average Bonchev–Trinajstić information content (AvgIpc) is 2.61. The molecule has 2 N–H and O–H groups in total. The molecular weight excluding hydrogens is 252 g/mol. The van der Waals surface area contributed by atoms with Crippen molar-refractivity contribution in [1.29, 1.82) is 0 Å². The van der Waals surface area contributed by atoms with Gasteiger partial charge in [0.05, 0.1) is 11.3 Å². The van der Waals surface area contributed by atoms with Crippen LogP contribution >= 0.6 is 0 Å². The highest BCUT2D eigenvalue weighted by atomic mass is 16.3. The van der Waals surface area contributed by atoms with Gasteiger partial charge in [0.1, 0.15) is 5.82 Å². The van der Waals surface area contributed by atoms with Crippen molar-refractivity contribution >= 4 is 5.82 Å². The molecular formula is C15H30N4O. The molecule has 0 spiro atoms. The van der Waals surface area contributed by atoms with E-state index in [2.05, 4.69) is 29.2 Å². The number of nitrogens with zero attached hydrogens (tertiary/aromatic N) is 3. The maximum absolute atomic E-state index is 10.1. The maximum Gasteiger partial charge on any atom is 0.131 e. The third-order valence-electron chi connectivity index (χ3n) is 3.30. The van der Waals surface area contributed by atoms with E-state index < -0.39 is 5.60 Å². The van der Waals surface area contributed by atoms with Crippen LogP contribution in [0.4, 0.5) is 5.82 Å². The highest BCUT2D eigenvalue weighted by Crippen LogP contribution is 2.24. The Bertz CT molecular complexity index is 420. The van der Waals surface area contributed by atoms with Gasteiger partial charge in [0.2, 0.25) is 0 Å². The Morgan fingerprint density at radius 1 is 1.35 bits per heavy atom. The fourth-order valence-corrected chi connectivity index (χ4v) is 2.49. The molecule has 0 aromatic carbocycles. The molecule has 20 heavy (non-hydrogen) atoms. The Labute approximate surface area is 123 Å². The summed E-state index contributed by atoms with van der Waals surface area (Å²) in [5.74, 6) is 1.11. The van der Waals surface area contributed by atoms with E-state index in [4.69, 9.17) is 0 Å². The quantitative estimate of drug-likeness (QED) is 0.714. The summed E-state index contributed by atoms with van der Waals surface area (Å²) in [6.45, 7) is 13.3. The van der Waals surface area contributed by atoms with Gasteiger partial charge in [0.15, 0.2) is 0 Å². The molecule has 116 valence electrons. The van der Waals surface area contributed by atoms with Crippen molar-refractivity contribution in [3.8, 4) is 0 Å². The predicted octanol–water partition coefficient (Wildman–Crippen LogP) is 1.83. The van der Waals surface area contributed by atoms with Gasteiger partial charge < -0.3 is 15.3 Å². The minimum atomic E-state index is -0.720. The number of aromatic nitrogens is 2. The first-order chi connectivity index (χ1) is 9.30. The van der Waals surface area contributed by atoms with Crippen LogP contribution in [0.1, 0.15) is 45.4 Å². The third-order valence-corrected chi connectivity index (χ3v) is 3.30. The Balaban J connectivity index is 3.01. The van der Waals surface area contributed by atoms with E-state index >= 15 is 0 Å². The summed E-state index contributed by atoms with van der Waals surface area (Å²) in [5.41, 5.74) is 1.56. The Morgan fingerprint density at radius 2 is 2.00 bits per heavy atom. The van der Waals surface area contributed by atoms with E-state index in [1.165, 1.54) is 5.56 Å². The van der Waals surface area contributed by atoms with Gasteiger partial charge in [-0.3, -0.25) is 4.68 Å². The number of anilines is 1. The lowest BCUT2D eigenvalue weighted by Gasteiger charge is -2.30. The molecule has 1 heterocycles. The molecule has 0 fully saturated rings. The van der Waals surface area contributed by atoms with Crippen LogP contribution in [0, 0.1) is 6.92 Å². The zero-order valence-corrected chi connectivity index (χ0v) is 13.8. The second-order valence-electron chi connectivity index (χ2n) is 6.01. The smallest absolute Gasteiger partial charge is 0.131 e. The van der Waals surface area contributed by atoms with Crippen molar-refractivity contribution in [2.24, 2.45) is 7.05 Å². The first kappa shape index (κ1) is 17.0. The monoisotopic (exact) mass is 282 g/mol. The van der Waals surface area contributed by atoms with Gasteiger partial charge >= 0.3 is 0 Å². The van der Waals surface area contributed by atoms with Crippen LogP contribution in [0.25, 0.3) is 0 Å². The summed E-state index contributed by atoms with van der Waals surface area (Å²) in [6, 6.07) is 0. The summed E-state index contributed by atoms with van der Waals surface area (Å²) in [5, 5.41) is 18.1. The van der Waals surface area contributed by atoms with Gasteiger partial charge in [-0.1, -0.05) is 6.92 Å². The maximum atomic E-state index is 10.1. The fraction of sp³-hybridized carbons (Fsp3) is 0.800. The molecule has 1 aromatic rings. The topological polar surface area (TPSA) is 53.3 Å². The number of aliphatic hydroxyl groups is 1. The summed E-state index contributed by atoms with van der Waals surface area (Å²) in [6.07, 6.45) is 1.12. The molecule has 0 atom stereocenters. The van der Waals surface area contributed by atoms with Crippen molar-refractivity contribution in [2.75, 3.05) is 24.5 Å². The molecule has 5 nitrogen and oxygen atoms in total. The van der Waals surface area contributed by atoms with E-state index in [0.717, 1.165) is 37.6 Å². The second kappa shape index (κ2) is 7.09. The summed E-state index contributed by atoms with van der Waals surface area (Å²) in [7, 11) is 1.97. The minimum absolute atomic E-state index is 0.600. The van der Waals surface area contributed by atoms with Gasteiger partial charge in [-0.2, -0.15) is 5.10 Å². The number of likely N-dealkylation sites (N-methyl/N-ethyl adjacent to an activating group) is 1. The van der Waals surface area contributed by atoms with Crippen LogP contribution in [0.3, 0.4) is 0 Å². The summed E-state index contributed by atoms with van der Waals surface area (Å²) >= 11 is 0. The average molecular weight is 282 g/mol. The van der Waals surface area contributed by atoms with Gasteiger partial charge in [-0.15, -0.1) is 0 Å². The van der Waals surface area contributed by atoms with Crippen molar-refractivity contribution in [3.05, 3.63) is 11.3 Å². The van der Waals surface area contributed by atoms with Crippen molar-refractivity contribution in [2.45, 2.75) is 53.2 Å². The number of hydrogen-bond donors (Lipinski definition) is 2. The highest BCUT2D eigenvalue weighted by Gasteiger charge is 2.23. The zero-order valence-electron chi connectivity index (χ0n) is 13.8. The molecule has 0 aliphatic heterocycles. The number of nitrogens with one attached hydrogen (secondary N) is 1. The normalized spacial score (nSPS) is 11.9. The second-order valence-corrected chi connectivity index (χ2v) is 6.01. The molecule has 0 bridgehead atoms. The lowest BCUT2D eigenvalue weighted by atomic mass is 10.1. The lowest BCUT2D eigenvalue weighted by Crippen LogP contribution is -2.40. The number of hydrogen-bond acceptors (Lipinski definition) is 4. The molecule has 1 rings (SSSR count). The van der Waals surface area contributed by atoms with Crippen LogP contribution in [-0.4, -0.2) is 40.1 Å². The zero-order chi connectivity index (χ0) is 15.3. The van der Waals surface area contributed by atoms with E-state index in [1.54, 1.807) is 0 Å². The molecule has 0 aliphatic rings. The van der Waals surface area contributed by atoms with Crippen molar-refractivity contribution < 1.29 is 5.11 Å². The molecule has 0 unspecified atom stereocenters. The standard InChI is InChI=1S/C15H30N4O/c1-7-9-16-10-13-12(3)17-18(6)14(13)19(8-2)11-15(4,5)20/h16,20H,7-11H2,1-6H3. The van der Waals surface area contributed by atoms with Gasteiger partial charge in [0.25, 0.3) is 0 Å². The fourth-order valence-electron chi connectivity index (χ4n) is 2.49. The van der Waals surface area contributed by atoms with Gasteiger partial charge in [-0.05, 0) is 40.7 Å². The molecule has 0 saturated carbocycles. The molecule has 0 aliphatic carbocycles. The third kappa shape index (κ3) is 4.49. The van der Waals surface area contributed by atoms with Crippen LogP contribution in [0.2, 0.25) is 0 Å². The van der Waals surface area contributed by atoms with Crippen molar-refractivity contribution in [1.82, 2.24) is 15.1 Å². The number of rotatable bonds is 8. The van der Waals surface area contributed by atoms with E-state index in [1.807, 2.05) is 32.5 Å². The highest BCUT2D eigenvalue weighted by molar-refractivity contribution is 5.50. The molecule has 0 saturated heterocycles. The summed E-state index contributed by atoms with van der Waals surface area (Å²) < 4.78 is 1.92. The van der Waals surface area contributed by atoms with Gasteiger partial charge in [-0.25, -0.2) is 0 Å². The van der Waals surface area contributed by atoms with Crippen LogP contribution in [0.15, 0.2) is 0 Å². The van der Waals surface area contributed by atoms with Crippen molar-refractivity contribution in [3.63, 3.8) is 0 Å². The molecule has 0 radical (unpaired) electrons. The van der Waals surface area contributed by atoms with Gasteiger partial charge in [0, 0.05) is 32.2 Å². The largest absolute Gasteiger partial charge is 0.389 e. The first-order valence-electron chi connectivity index (χ1n) is 7.50. The lowest BCUT2D eigenvalue weighted by molar-refractivity contribution is 0.0872. The molecule has 1 aromatic heterocycles. The van der Waals surface area contributed by atoms with Crippen LogP contribution in [-0.2, 0) is 13.6 Å². The number of aryl methyl sites for hydroxylation is 2. The summed E-state index contributed by atoms with van der Waals surface area (Å²) in [4.78, 5) is 2.20. The Morgan fingerprint density at radius 3 is 2.50 bits per heavy atom. The predicted molar refractivity (Wildman–Crippen MR) is 84.1 cm³/mol. The first-order valence-corrected chi connectivity index (χ1v) is 7.50. The van der Waals surface area contributed by atoms with Crippen LogP contribution < -0.4 is 10.2 Å². The van der Waals surface area contributed by atoms with E-state index in [0.29, 0.717) is 6.54 Å².